The zero-order valence-corrected chi connectivity index (χ0v) is 22.6. The van der Waals surface area contributed by atoms with Crippen LogP contribution in [0, 0.1) is 23.2 Å². The van der Waals surface area contributed by atoms with Gasteiger partial charge in [-0.05, 0) is 60.4 Å². The average Bonchev–Trinajstić information content (AvgIpc) is 2.93. The van der Waals surface area contributed by atoms with Crippen LogP contribution in [0.25, 0.3) is 11.1 Å². The van der Waals surface area contributed by atoms with Crippen molar-refractivity contribution in [1.29, 1.82) is 5.26 Å². The van der Waals surface area contributed by atoms with Crippen LogP contribution in [0.2, 0.25) is 0 Å². The lowest BCUT2D eigenvalue weighted by Gasteiger charge is -2.25. The third kappa shape index (κ3) is 5.49. The predicted molar refractivity (Wildman–Crippen MR) is 143 cm³/mol. The summed E-state index contributed by atoms with van der Waals surface area (Å²) in [5.74, 6) is -2.58. The molecule has 0 saturated carbocycles. The van der Waals surface area contributed by atoms with Crippen LogP contribution in [0.1, 0.15) is 56.1 Å². The summed E-state index contributed by atoms with van der Waals surface area (Å²) in [5.41, 5.74) is 0.131. The number of halogens is 2. The second-order valence-corrected chi connectivity index (χ2v) is 11.0. The Morgan fingerprint density at radius 2 is 1.77 bits per heavy atom. The highest BCUT2D eigenvalue weighted by Gasteiger charge is 2.32. The summed E-state index contributed by atoms with van der Waals surface area (Å²) < 4.78 is 56.0. The van der Waals surface area contributed by atoms with Crippen LogP contribution in [0.15, 0.2) is 75.2 Å². The summed E-state index contributed by atoms with van der Waals surface area (Å²) in [6.45, 7) is 3.79. The third-order valence-corrected chi connectivity index (χ3v) is 8.33. The number of benzene rings is 2. The molecule has 2 heterocycles. The molecule has 0 radical (unpaired) electrons. The van der Waals surface area contributed by atoms with Gasteiger partial charge in [0, 0.05) is 12.0 Å². The summed E-state index contributed by atoms with van der Waals surface area (Å²) in [5, 5.41) is 20.8. The molecule has 4 rings (SSSR count). The Morgan fingerprint density at radius 1 is 1.05 bits per heavy atom. The van der Waals surface area contributed by atoms with E-state index < -0.39 is 44.1 Å². The van der Waals surface area contributed by atoms with Gasteiger partial charge in [0.15, 0.2) is 4.90 Å². The van der Waals surface area contributed by atoms with Crippen LogP contribution in [0.5, 0.6) is 5.88 Å². The first-order valence-electron chi connectivity index (χ1n) is 12.6. The van der Waals surface area contributed by atoms with Crippen LogP contribution in [0.3, 0.4) is 0 Å². The van der Waals surface area contributed by atoms with Crippen molar-refractivity contribution < 1.29 is 22.3 Å². The van der Waals surface area contributed by atoms with Crippen molar-refractivity contribution in [3.63, 3.8) is 0 Å². The fourth-order valence-corrected chi connectivity index (χ4v) is 5.91. The number of hydrogen-bond acceptors (Lipinski definition) is 7. The minimum Gasteiger partial charge on any atom is -0.493 e. The second-order valence-electron chi connectivity index (χ2n) is 9.12. The Labute approximate surface area is 230 Å². The second kappa shape index (κ2) is 11.8. The number of rotatable bonds is 9. The van der Waals surface area contributed by atoms with Gasteiger partial charge < -0.3 is 5.11 Å². The van der Waals surface area contributed by atoms with Crippen molar-refractivity contribution in [2.24, 2.45) is 0 Å². The standard InChI is InChI=1S/C29H26F2N4O4S/c1-3-5-9-25-34-28(36)26(29(37)35(25)23(4-2)20-8-6-7-18(16-20)17-32)40(38,39)21-12-10-19(11-13-21)22-14-15-24(30)33-27(22)31/h6-8,10-16,23,37H,3-5,9H2,1-2H3. The minimum absolute atomic E-state index is 0.0390. The SMILES string of the molecule is CCCCc1nc(=O)c(S(=O)(=O)c2ccc(-c3ccc(F)nc3F)cc2)c(O)n1C(CC)c1cccc(C#N)c1. The molecule has 2 aromatic heterocycles. The fraction of sp³-hybridized carbons (Fsp3) is 0.241. The van der Waals surface area contributed by atoms with E-state index in [4.69, 9.17) is 0 Å². The number of aromatic nitrogens is 3. The number of sulfone groups is 1. The number of aryl methyl sites for hydroxylation is 1. The molecule has 0 fully saturated rings. The molecule has 1 unspecified atom stereocenters. The molecular formula is C29H26F2N4O4S. The zero-order chi connectivity index (χ0) is 29.0. The molecule has 206 valence electrons. The Hall–Kier alpha value is -4.43. The van der Waals surface area contributed by atoms with Crippen molar-refractivity contribution in [3.05, 3.63) is 99.9 Å². The maximum absolute atomic E-state index is 14.1. The van der Waals surface area contributed by atoms with Crippen molar-refractivity contribution in [1.82, 2.24) is 14.5 Å². The molecule has 0 spiro atoms. The van der Waals surface area contributed by atoms with Crippen LogP contribution in [-0.2, 0) is 16.3 Å². The van der Waals surface area contributed by atoms with Crippen LogP contribution >= 0.6 is 0 Å². The largest absolute Gasteiger partial charge is 0.493 e. The molecule has 0 saturated heterocycles. The van der Waals surface area contributed by atoms with Crippen LogP contribution < -0.4 is 5.56 Å². The molecule has 0 amide bonds. The molecule has 0 aliphatic heterocycles. The number of nitriles is 1. The van der Waals surface area contributed by atoms with Gasteiger partial charge in [-0.15, -0.1) is 0 Å². The van der Waals surface area contributed by atoms with Crippen molar-refractivity contribution >= 4 is 9.84 Å². The van der Waals surface area contributed by atoms with Gasteiger partial charge in [-0.25, -0.2) is 8.42 Å². The Kier molecular flexibility index (Phi) is 8.40. The normalized spacial score (nSPS) is 12.2. The molecule has 8 nitrogen and oxygen atoms in total. The highest BCUT2D eigenvalue weighted by molar-refractivity contribution is 7.91. The lowest BCUT2D eigenvalue weighted by molar-refractivity contribution is 0.358. The van der Waals surface area contributed by atoms with Gasteiger partial charge in [0.25, 0.3) is 5.56 Å². The summed E-state index contributed by atoms with van der Waals surface area (Å²) in [6, 6.07) is 15.3. The Balaban J connectivity index is 1.87. The van der Waals surface area contributed by atoms with E-state index in [0.717, 1.165) is 24.6 Å². The molecule has 2 aromatic carbocycles. The number of pyridine rings is 1. The Morgan fingerprint density at radius 3 is 2.40 bits per heavy atom. The molecule has 40 heavy (non-hydrogen) atoms. The van der Waals surface area contributed by atoms with Gasteiger partial charge in [0.05, 0.1) is 22.6 Å². The molecule has 0 aliphatic carbocycles. The first-order valence-corrected chi connectivity index (χ1v) is 14.1. The zero-order valence-electron chi connectivity index (χ0n) is 21.8. The van der Waals surface area contributed by atoms with Crippen molar-refractivity contribution in [2.45, 2.75) is 55.4 Å². The van der Waals surface area contributed by atoms with Crippen molar-refractivity contribution in [2.75, 3.05) is 0 Å². The van der Waals surface area contributed by atoms with Crippen LogP contribution in [0.4, 0.5) is 8.78 Å². The van der Waals surface area contributed by atoms with Gasteiger partial charge in [-0.3, -0.25) is 9.36 Å². The van der Waals surface area contributed by atoms with E-state index in [1.54, 1.807) is 24.3 Å². The summed E-state index contributed by atoms with van der Waals surface area (Å²) >= 11 is 0. The van der Waals surface area contributed by atoms with E-state index in [0.29, 0.717) is 30.4 Å². The number of hydrogen-bond donors (Lipinski definition) is 1. The lowest BCUT2D eigenvalue weighted by atomic mass is 10.0. The van der Waals surface area contributed by atoms with E-state index in [1.807, 2.05) is 13.8 Å². The van der Waals surface area contributed by atoms with E-state index >= 15 is 0 Å². The van der Waals surface area contributed by atoms with E-state index in [9.17, 15) is 32.4 Å². The van der Waals surface area contributed by atoms with Gasteiger partial charge in [-0.1, -0.05) is 44.5 Å². The average molecular weight is 565 g/mol. The summed E-state index contributed by atoms with van der Waals surface area (Å²) in [7, 11) is -4.58. The summed E-state index contributed by atoms with van der Waals surface area (Å²) in [4.78, 5) is 19.1. The molecular weight excluding hydrogens is 538 g/mol. The maximum Gasteiger partial charge on any atom is 0.296 e. The summed E-state index contributed by atoms with van der Waals surface area (Å²) in [6.07, 6.45) is 2.13. The first kappa shape index (κ1) is 28.6. The van der Waals surface area contributed by atoms with E-state index in [-0.39, 0.29) is 21.8 Å². The molecule has 0 bridgehead atoms. The van der Waals surface area contributed by atoms with Gasteiger partial charge in [-0.2, -0.15) is 24.0 Å². The maximum atomic E-state index is 14.1. The lowest BCUT2D eigenvalue weighted by Crippen LogP contribution is -2.27. The van der Waals surface area contributed by atoms with Crippen LogP contribution in [-0.4, -0.2) is 28.1 Å². The Bertz CT molecular complexity index is 1760. The molecule has 1 atom stereocenters. The molecule has 0 aliphatic rings. The smallest absolute Gasteiger partial charge is 0.296 e. The molecule has 4 aromatic rings. The first-order chi connectivity index (χ1) is 19.1. The number of aromatic hydroxyl groups is 1. The highest BCUT2D eigenvalue weighted by atomic mass is 32.2. The topological polar surface area (TPSA) is 126 Å². The fourth-order valence-electron chi connectivity index (χ4n) is 4.56. The number of unbranched alkanes of at least 4 members (excludes halogenated alkanes) is 1. The van der Waals surface area contributed by atoms with E-state index in [2.05, 4.69) is 16.0 Å². The number of nitrogens with zero attached hydrogens (tertiary/aromatic N) is 4. The predicted octanol–water partition coefficient (Wildman–Crippen LogP) is 5.34. The van der Waals surface area contributed by atoms with Gasteiger partial charge >= 0.3 is 0 Å². The molecule has 11 heteroatoms. The quantitative estimate of drug-likeness (QED) is 0.272. The highest BCUT2D eigenvalue weighted by Crippen LogP contribution is 2.34. The minimum atomic E-state index is -4.58. The van der Waals surface area contributed by atoms with Gasteiger partial charge in [0.2, 0.25) is 27.6 Å². The molecule has 1 N–H and O–H groups in total. The van der Waals surface area contributed by atoms with Gasteiger partial charge in [0.1, 0.15) is 5.82 Å². The van der Waals surface area contributed by atoms with Crippen molar-refractivity contribution in [3.8, 4) is 23.1 Å². The monoisotopic (exact) mass is 564 g/mol. The van der Waals surface area contributed by atoms with E-state index in [1.165, 1.54) is 22.8 Å². The third-order valence-electron chi connectivity index (χ3n) is 6.55.